The number of nitrogens with two attached hydrogens (primary N) is 2. The molecule has 63 heavy (non-hydrogen) atoms. The maximum Gasteiger partial charge on any atom is 0.407 e. The Hall–Kier alpha value is -5.25. The average molecular weight is 966 g/mol. The number of carboxylic acids is 1. The highest BCUT2D eigenvalue weighted by atomic mass is 35.5. The van der Waals surface area contributed by atoms with Gasteiger partial charge in [-0.15, -0.1) is 11.8 Å². The molecule has 15 nitrogen and oxygen atoms in total. The minimum absolute atomic E-state index is 0.0541. The van der Waals surface area contributed by atoms with Crippen LogP contribution in [0.1, 0.15) is 48.8 Å². The molecule has 2 aromatic heterocycles. The van der Waals surface area contributed by atoms with Crippen molar-refractivity contribution in [3.05, 3.63) is 134 Å². The number of carboxylic acid groups (broad SMARTS) is 1. The van der Waals surface area contributed by atoms with Crippen molar-refractivity contribution < 1.29 is 33.9 Å². The fourth-order valence-corrected chi connectivity index (χ4v) is 12.3. The van der Waals surface area contributed by atoms with E-state index in [2.05, 4.69) is 25.8 Å². The number of aliphatic carboxylic acids is 1. The Morgan fingerprint density at radius 3 is 2.06 bits per heavy atom. The highest BCUT2D eigenvalue weighted by Crippen LogP contribution is 2.48. The van der Waals surface area contributed by atoms with E-state index < -0.39 is 46.5 Å². The molecule has 0 unspecified atom stereocenters. The number of nitrogen functional groups attached to an aromatic ring is 2. The minimum atomic E-state index is -1.37. The van der Waals surface area contributed by atoms with Crippen LogP contribution >= 0.6 is 69.6 Å². The zero-order valence-electron chi connectivity index (χ0n) is 33.9. The zero-order valence-corrected chi connectivity index (χ0v) is 38.7. The van der Waals surface area contributed by atoms with E-state index in [-0.39, 0.29) is 32.3 Å². The van der Waals surface area contributed by atoms with E-state index in [1.165, 1.54) is 51.5 Å². The van der Waals surface area contributed by atoms with Gasteiger partial charge < -0.3 is 36.8 Å². The summed E-state index contributed by atoms with van der Waals surface area (Å²) in [5, 5.41) is 20.1. The molecule has 0 bridgehead atoms. The lowest BCUT2D eigenvalue weighted by Crippen LogP contribution is -2.71. The highest BCUT2D eigenvalue weighted by molar-refractivity contribution is 8.07. The third-order valence-corrected chi connectivity index (χ3v) is 15.1. The molecule has 7 rings (SSSR count). The summed E-state index contributed by atoms with van der Waals surface area (Å²) in [6, 6.07) is 27.1. The lowest BCUT2D eigenvalue weighted by atomic mass is 9.80. The molecule has 2 atom stereocenters. The molecule has 0 saturated carbocycles. The number of rotatable bonds is 16. The van der Waals surface area contributed by atoms with Gasteiger partial charge in [0.1, 0.15) is 32.7 Å². The lowest BCUT2D eigenvalue weighted by Gasteiger charge is -2.49. The number of hydrogen-bond donors (Lipinski definition) is 5. The number of oxime groups is 1. The molecule has 2 aliphatic rings. The third-order valence-electron chi connectivity index (χ3n) is 9.33. The number of ether oxygens (including phenoxy) is 1. The number of thiazole rings is 2. The summed E-state index contributed by atoms with van der Waals surface area (Å²) in [6.45, 7) is 5.72. The molecule has 4 heterocycles. The number of β-lactam (4-membered cyclic amide) rings is 1. The van der Waals surface area contributed by atoms with Gasteiger partial charge in [0.05, 0.1) is 9.90 Å². The Bertz CT molecular complexity index is 2460. The van der Waals surface area contributed by atoms with Crippen molar-refractivity contribution in [1.29, 1.82) is 0 Å². The summed E-state index contributed by atoms with van der Waals surface area (Å²) < 4.78 is 6.03. The van der Waals surface area contributed by atoms with E-state index >= 15 is 0 Å². The first kappa shape index (κ1) is 45.8. The van der Waals surface area contributed by atoms with E-state index in [0.29, 0.717) is 54.7 Å². The predicted octanol–water partition coefficient (Wildman–Crippen LogP) is 7.38. The van der Waals surface area contributed by atoms with Crippen LogP contribution in [0.25, 0.3) is 0 Å². The summed E-state index contributed by atoms with van der Waals surface area (Å²) in [5.41, 5.74) is 12.3. The van der Waals surface area contributed by atoms with Crippen molar-refractivity contribution in [1.82, 2.24) is 25.5 Å². The minimum Gasteiger partial charge on any atom is -0.477 e. The van der Waals surface area contributed by atoms with Crippen molar-refractivity contribution in [3.63, 3.8) is 0 Å². The predicted molar refractivity (Wildman–Crippen MR) is 251 cm³/mol. The van der Waals surface area contributed by atoms with E-state index in [0.717, 1.165) is 11.3 Å². The number of aromatic nitrogens is 2. The quantitative estimate of drug-likeness (QED) is 0.0214. The maximum atomic E-state index is 14.4. The molecule has 328 valence electrons. The number of nitrogens with zero attached hydrogens (tertiary/aromatic N) is 4. The Morgan fingerprint density at radius 1 is 0.937 bits per heavy atom. The molecule has 1 fully saturated rings. The number of anilines is 2. The van der Waals surface area contributed by atoms with E-state index in [9.17, 15) is 24.3 Å². The molecule has 7 N–H and O–H groups in total. The van der Waals surface area contributed by atoms with Gasteiger partial charge in [0.15, 0.2) is 16.0 Å². The zero-order chi connectivity index (χ0) is 44.9. The molecule has 5 aromatic rings. The van der Waals surface area contributed by atoms with Crippen molar-refractivity contribution in [2.75, 3.05) is 29.5 Å². The van der Waals surface area contributed by atoms with E-state index in [4.69, 9.17) is 32.6 Å². The summed E-state index contributed by atoms with van der Waals surface area (Å²) >= 11 is 12.8. The second-order valence-electron chi connectivity index (χ2n) is 14.8. The van der Waals surface area contributed by atoms with Crippen LogP contribution in [0.5, 0.6) is 0 Å². The summed E-state index contributed by atoms with van der Waals surface area (Å²) in [6.07, 6.45) is -0.509. The Kier molecular flexibility index (Phi) is 14.3. The van der Waals surface area contributed by atoms with E-state index in [1.54, 1.807) is 20.8 Å². The number of thioether (sulfide) groups is 3. The fourth-order valence-electron chi connectivity index (χ4n) is 6.67. The molecule has 2 aliphatic heterocycles. The molecule has 0 aliphatic carbocycles. The number of nitrogens with one attached hydrogen (secondary N) is 2. The van der Waals surface area contributed by atoms with Crippen LogP contribution in [0.3, 0.4) is 0 Å². The number of amides is 3. The number of halogens is 1. The van der Waals surface area contributed by atoms with Crippen LogP contribution in [0.15, 0.2) is 111 Å². The summed E-state index contributed by atoms with van der Waals surface area (Å²) in [7, 11) is 0. The smallest absolute Gasteiger partial charge is 0.407 e. The van der Waals surface area contributed by atoms with Gasteiger partial charge in [-0.3, -0.25) is 14.5 Å². The van der Waals surface area contributed by atoms with Crippen LogP contribution in [0.2, 0.25) is 4.34 Å². The Morgan fingerprint density at radius 2 is 1.52 bits per heavy atom. The number of hydrogen-bond acceptors (Lipinski definition) is 16. The van der Waals surface area contributed by atoms with Crippen molar-refractivity contribution in [2.24, 2.45) is 5.16 Å². The van der Waals surface area contributed by atoms with Crippen molar-refractivity contribution in [2.45, 2.75) is 53.4 Å². The first-order valence-corrected chi connectivity index (χ1v) is 24.2. The fraction of sp³-hybridized carbons (Fsp3) is 0.262. The van der Waals surface area contributed by atoms with Gasteiger partial charge in [-0.25, -0.2) is 19.6 Å². The second kappa shape index (κ2) is 19.6. The summed E-state index contributed by atoms with van der Waals surface area (Å²) in [4.78, 5) is 70.2. The monoisotopic (exact) mass is 964 g/mol. The molecule has 0 spiro atoms. The molecule has 3 amide bonds. The third kappa shape index (κ3) is 10.3. The van der Waals surface area contributed by atoms with Crippen LogP contribution in [0.4, 0.5) is 15.1 Å². The molecule has 0 radical (unpaired) electrons. The average Bonchev–Trinajstić information content (AvgIpc) is 3.79. The van der Waals surface area contributed by atoms with Crippen LogP contribution in [-0.4, -0.2) is 84.6 Å². The summed E-state index contributed by atoms with van der Waals surface area (Å²) in [5.74, 6) is -1.56. The highest BCUT2D eigenvalue weighted by Gasteiger charge is 2.55. The normalized spacial score (nSPS) is 16.5. The molecular weight excluding hydrogens is 924 g/mol. The lowest BCUT2D eigenvalue weighted by molar-refractivity contribution is -0.150. The SMILES string of the molecule is CC(C)(C)OC(=O)NCCSCc1nc(N)sc1SC1=C(C(=O)O)N2C(=O)[C@@H](NC(=O)/C(=N\OC(c3ccccc3)(c3ccccc3)c3ccccc3)c3nc(N)sc3Cl)[C@@H]2SC1. The van der Waals surface area contributed by atoms with Gasteiger partial charge >= 0.3 is 12.1 Å². The van der Waals surface area contributed by atoms with Gasteiger partial charge in [0.25, 0.3) is 11.8 Å². The number of alkyl carbamates (subject to hydrolysis) is 1. The van der Waals surface area contributed by atoms with Gasteiger partial charge in [0.2, 0.25) is 5.60 Å². The van der Waals surface area contributed by atoms with Crippen molar-refractivity contribution >= 4 is 109 Å². The van der Waals surface area contributed by atoms with Crippen molar-refractivity contribution in [3.8, 4) is 0 Å². The topological polar surface area (TPSA) is 224 Å². The molecule has 1 saturated heterocycles. The Balaban J connectivity index is 1.12. The molecule has 3 aromatic carbocycles. The molecule has 21 heteroatoms. The number of carbonyl (C=O) groups excluding carboxylic acids is 3. The maximum absolute atomic E-state index is 14.4. The number of carbonyl (C=O) groups is 4. The second-order valence-corrected chi connectivity index (χ2v) is 21.0. The van der Waals surface area contributed by atoms with Crippen LogP contribution < -0.4 is 22.1 Å². The van der Waals surface area contributed by atoms with Crippen LogP contribution in [0, 0.1) is 0 Å². The number of benzene rings is 3. The van der Waals surface area contributed by atoms with E-state index in [1.807, 2.05) is 91.0 Å². The molecular formula is C42H41ClN8O7S5. The standard InChI is InChI=1S/C42H41ClN8O7S5/c1-41(2,3)57-40(56)46-19-20-59-21-26-37(63-38(44)47-26)61-27-22-60-35-30(34(53)51(35)31(27)36(54)55)48-33(52)29(28-32(43)62-39(45)49-28)50-58-42(23-13-7-4-8-14-23,24-15-9-5-10-16-24)25-17-11-6-12-18-25/h4-18,30,35H,19-22H2,1-3H3,(H2,44,47)(H2,45,49)(H,46,56)(H,48,52)(H,54,55)/b50-29-/t30-,35+/m1/s1. The first-order chi connectivity index (χ1) is 30.2. The van der Waals surface area contributed by atoms with Gasteiger partial charge in [-0.1, -0.05) is 142 Å². The largest absolute Gasteiger partial charge is 0.477 e. The van der Waals surface area contributed by atoms with Gasteiger partial charge in [0, 0.05) is 45.4 Å². The number of fused-ring (bicyclic) bond motifs is 1. The van der Waals surface area contributed by atoms with Gasteiger partial charge in [-0.05, 0) is 20.8 Å². The van der Waals surface area contributed by atoms with Gasteiger partial charge in [-0.2, -0.15) is 11.8 Å². The van der Waals surface area contributed by atoms with Crippen LogP contribution in [-0.2, 0) is 35.3 Å². The first-order valence-electron chi connectivity index (χ1n) is 19.2. The Labute approximate surface area is 388 Å².